The van der Waals surface area contributed by atoms with Gasteiger partial charge in [0.1, 0.15) is 23.8 Å². The number of anilines is 2. The summed E-state index contributed by atoms with van der Waals surface area (Å²) in [5.74, 6) is 1.43. The average Bonchev–Trinajstić information content (AvgIpc) is 3.34. The van der Waals surface area contributed by atoms with Gasteiger partial charge in [-0.25, -0.2) is 9.69 Å². The molecule has 1 amide bonds. The van der Waals surface area contributed by atoms with Crippen LogP contribution < -0.4 is 20.4 Å². The molecule has 2 aromatic rings. The number of aryl methyl sites for hydroxylation is 1. The monoisotopic (exact) mass is 470 g/mol. The molecule has 10 nitrogen and oxygen atoms in total. The number of rotatable bonds is 7. The number of aromatic nitrogens is 2. The molecule has 0 spiro atoms. The third kappa shape index (κ3) is 4.40. The maximum absolute atomic E-state index is 14.0. The fraction of sp³-hybridized carbons (Fsp3) is 0.542. The Hall–Kier alpha value is -2.95. The third-order valence-corrected chi connectivity index (χ3v) is 6.60. The van der Waals surface area contributed by atoms with Crippen LogP contribution >= 0.6 is 0 Å². The van der Waals surface area contributed by atoms with Crippen LogP contribution in [0.3, 0.4) is 0 Å². The molecule has 3 atom stereocenters. The molecule has 184 valence electrons. The Morgan fingerprint density at radius 1 is 1.47 bits per heavy atom. The van der Waals surface area contributed by atoms with Crippen molar-refractivity contribution in [3.63, 3.8) is 0 Å². The van der Waals surface area contributed by atoms with Crippen molar-refractivity contribution in [3.05, 3.63) is 40.4 Å². The Kier molecular flexibility index (Phi) is 6.92. The number of quaternary nitrogens is 1. The largest absolute Gasteiger partial charge is 0.367 e. The molecule has 1 saturated heterocycles. The van der Waals surface area contributed by atoms with Crippen LogP contribution in [0.5, 0.6) is 0 Å². The highest BCUT2D eigenvalue weighted by Gasteiger charge is 2.46. The van der Waals surface area contributed by atoms with E-state index in [1.165, 1.54) is 0 Å². The number of nitrogens with one attached hydrogen (secondary N) is 1. The van der Waals surface area contributed by atoms with E-state index in [-0.39, 0.29) is 18.5 Å². The highest BCUT2D eigenvalue weighted by Crippen LogP contribution is 2.40. The van der Waals surface area contributed by atoms with Crippen LogP contribution in [0.15, 0.2) is 27.2 Å². The number of hydrogen-bond donors (Lipinski definition) is 3. The number of allylic oxidation sites excluding steroid dienone is 2. The third-order valence-electron chi connectivity index (χ3n) is 6.60. The summed E-state index contributed by atoms with van der Waals surface area (Å²) in [6.45, 7) is 12.3. The van der Waals surface area contributed by atoms with E-state index in [1.54, 1.807) is 17.9 Å². The maximum atomic E-state index is 14.0. The zero-order valence-corrected chi connectivity index (χ0v) is 20.5. The van der Waals surface area contributed by atoms with Crippen molar-refractivity contribution in [2.45, 2.75) is 65.6 Å². The summed E-state index contributed by atoms with van der Waals surface area (Å²) < 4.78 is 7.25. The van der Waals surface area contributed by atoms with Gasteiger partial charge in [-0.1, -0.05) is 16.8 Å². The SMILES string of the molecule is C=NCc1c2c(n(CC=C(C)C)c1N1CCCC(N)C1)C(=O)[NH+](Cc1cc(C)on1)C(O)N2C. The van der Waals surface area contributed by atoms with Gasteiger partial charge >= 0.3 is 5.91 Å². The summed E-state index contributed by atoms with van der Waals surface area (Å²) in [6, 6.07) is 1.86. The lowest BCUT2D eigenvalue weighted by atomic mass is 10.1. The number of aliphatic imine (C=N–C) groups is 1. The summed E-state index contributed by atoms with van der Waals surface area (Å²) in [5.41, 5.74) is 10.3. The van der Waals surface area contributed by atoms with Crippen molar-refractivity contribution in [2.75, 3.05) is 29.9 Å². The first-order valence-electron chi connectivity index (χ1n) is 11.8. The van der Waals surface area contributed by atoms with Gasteiger partial charge in [-0.05, 0) is 40.3 Å². The number of aliphatic hydroxyl groups is 1. The van der Waals surface area contributed by atoms with Crippen LogP contribution in [0, 0.1) is 6.92 Å². The zero-order chi connectivity index (χ0) is 24.6. The van der Waals surface area contributed by atoms with E-state index in [2.05, 4.69) is 32.4 Å². The number of hydrogen-bond acceptors (Lipinski definition) is 8. The van der Waals surface area contributed by atoms with Gasteiger partial charge < -0.3 is 24.8 Å². The number of nitrogens with zero attached hydrogens (tertiary/aromatic N) is 5. The quantitative estimate of drug-likeness (QED) is 0.405. The van der Waals surface area contributed by atoms with E-state index in [0.29, 0.717) is 47.4 Å². The Balaban J connectivity index is 1.88. The molecule has 2 aliphatic rings. The lowest BCUT2D eigenvalue weighted by molar-refractivity contribution is -0.882. The van der Waals surface area contributed by atoms with Crippen LogP contribution in [0.1, 0.15) is 54.2 Å². The van der Waals surface area contributed by atoms with Crippen LogP contribution in [0.2, 0.25) is 0 Å². The van der Waals surface area contributed by atoms with Gasteiger partial charge in [0.25, 0.3) is 6.35 Å². The fourth-order valence-corrected chi connectivity index (χ4v) is 5.02. The summed E-state index contributed by atoms with van der Waals surface area (Å²) >= 11 is 0. The van der Waals surface area contributed by atoms with Crippen molar-refractivity contribution >= 4 is 24.1 Å². The highest BCUT2D eigenvalue weighted by atomic mass is 16.5. The van der Waals surface area contributed by atoms with Crippen molar-refractivity contribution in [2.24, 2.45) is 10.7 Å². The summed E-state index contributed by atoms with van der Waals surface area (Å²) in [5, 5.41) is 15.2. The van der Waals surface area contributed by atoms with E-state index in [4.69, 9.17) is 10.3 Å². The van der Waals surface area contributed by atoms with Gasteiger partial charge in [-0.15, -0.1) is 0 Å². The molecule has 4 heterocycles. The Morgan fingerprint density at radius 2 is 2.24 bits per heavy atom. The first-order chi connectivity index (χ1) is 16.2. The Morgan fingerprint density at radius 3 is 2.85 bits per heavy atom. The zero-order valence-electron chi connectivity index (χ0n) is 20.5. The number of amides is 1. The smallest absolute Gasteiger partial charge is 0.361 e. The second-order valence-corrected chi connectivity index (χ2v) is 9.57. The molecule has 34 heavy (non-hydrogen) atoms. The number of nitrogens with two attached hydrogens (primary N) is 1. The van der Waals surface area contributed by atoms with E-state index < -0.39 is 6.35 Å². The molecule has 4 rings (SSSR count). The second-order valence-electron chi connectivity index (χ2n) is 9.57. The van der Waals surface area contributed by atoms with Gasteiger partial charge in [-0.2, -0.15) is 0 Å². The normalized spacial score (nSPS) is 22.6. The van der Waals surface area contributed by atoms with Gasteiger partial charge in [-0.3, -0.25) is 9.89 Å². The van der Waals surface area contributed by atoms with Gasteiger partial charge in [0.15, 0.2) is 5.69 Å². The summed E-state index contributed by atoms with van der Waals surface area (Å²) in [4.78, 5) is 22.5. The minimum absolute atomic E-state index is 0.0682. The lowest BCUT2D eigenvalue weighted by Crippen LogP contribution is -3.20. The van der Waals surface area contributed by atoms with Crippen LogP contribution in [-0.2, 0) is 19.6 Å². The van der Waals surface area contributed by atoms with Crippen molar-refractivity contribution in [1.29, 1.82) is 0 Å². The topological polar surface area (TPSA) is 118 Å². The van der Waals surface area contributed by atoms with Crippen LogP contribution in [0.4, 0.5) is 11.5 Å². The maximum Gasteiger partial charge on any atom is 0.367 e. The predicted octanol–water partition coefficient (Wildman–Crippen LogP) is 0.830. The molecule has 10 heteroatoms. The molecule has 0 bridgehead atoms. The number of carbonyl (C=O) groups excluding carboxylic acids is 1. The molecule has 0 aliphatic carbocycles. The van der Waals surface area contributed by atoms with Gasteiger partial charge in [0.2, 0.25) is 0 Å². The van der Waals surface area contributed by atoms with Gasteiger partial charge in [0.05, 0.1) is 12.2 Å². The van der Waals surface area contributed by atoms with Crippen molar-refractivity contribution in [3.8, 4) is 0 Å². The standard InChI is InChI=1S/C24H35N7O3/c1-15(2)8-10-30-21-20(19(12-26-4)22(30)29-9-6-7-17(25)13-29)28(5)24(33)31(23(21)32)14-18-11-16(3)34-27-18/h8,11,17,24,33H,4,6-7,9-10,12-14,25H2,1-3,5H3/p+1. The van der Waals surface area contributed by atoms with E-state index in [0.717, 1.165) is 36.3 Å². The Labute approximate surface area is 200 Å². The van der Waals surface area contributed by atoms with Crippen LogP contribution in [-0.4, -0.2) is 60.0 Å². The second kappa shape index (κ2) is 9.73. The summed E-state index contributed by atoms with van der Waals surface area (Å²) in [7, 11) is 1.81. The molecular formula is C24H36N7O3+. The first-order valence-corrected chi connectivity index (χ1v) is 11.8. The molecule has 2 aromatic heterocycles. The fourth-order valence-electron chi connectivity index (χ4n) is 5.02. The molecule has 0 saturated carbocycles. The lowest BCUT2D eigenvalue weighted by Gasteiger charge is -2.34. The predicted molar refractivity (Wildman–Crippen MR) is 131 cm³/mol. The average molecular weight is 471 g/mol. The molecule has 3 unspecified atom stereocenters. The molecule has 2 aliphatic heterocycles. The first kappa shape index (κ1) is 24.2. The van der Waals surface area contributed by atoms with Crippen LogP contribution in [0.25, 0.3) is 0 Å². The Bertz CT molecular complexity index is 1100. The summed E-state index contributed by atoms with van der Waals surface area (Å²) in [6.07, 6.45) is 3.00. The van der Waals surface area contributed by atoms with E-state index >= 15 is 0 Å². The molecule has 1 fully saturated rings. The molecule has 0 aromatic carbocycles. The highest BCUT2D eigenvalue weighted by molar-refractivity contribution is 5.98. The molecular weight excluding hydrogens is 434 g/mol. The van der Waals surface area contributed by atoms with E-state index in [9.17, 15) is 9.90 Å². The number of piperidine rings is 1. The minimum atomic E-state index is -1.07. The van der Waals surface area contributed by atoms with E-state index in [1.807, 2.05) is 20.9 Å². The number of aliphatic hydroxyl groups excluding tert-OH is 1. The van der Waals surface area contributed by atoms with Crippen molar-refractivity contribution < 1.29 is 19.3 Å². The molecule has 0 radical (unpaired) electrons. The van der Waals surface area contributed by atoms with Crippen molar-refractivity contribution in [1.82, 2.24) is 9.72 Å². The number of fused-ring (bicyclic) bond motifs is 1. The number of carbonyl (C=O) groups is 1. The molecule has 4 N–H and O–H groups in total. The minimum Gasteiger partial charge on any atom is -0.361 e. The van der Waals surface area contributed by atoms with Gasteiger partial charge in [0, 0.05) is 44.4 Å².